The van der Waals surface area contributed by atoms with Gasteiger partial charge in [-0.25, -0.2) is 8.42 Å². The number of anilines is 1. The summed E-state index contributed by atoms with van der Waals surface area (Å²) in [5.41, 5.74) is 1.53. The van der Waals surface area contributed by atoms with Gasteiger partial charge < -0.3 is 14.8 Å². The molecule has 2 aromatic rings. The summed E-state index contributed by atoms with van der Waals surface area (Å²) in [6.45, 7) is 6.12. The number of amides is 1. The van der Waals surface area contributed by atoms with Crippen molar-refractivity contribution < 1.29 is 22.7 Å². The topological polar surface area (TPSA) is 84.9 Å². The highest BCUT2D eigenvalue weighted by Crippen LogP contribution is 2.25. The Labute approximate surface area is 191 Å². The quantitative estimate of drug-likeness (QED) is 0.542. The third-order valence-corrected chi connectivity index (χ3v) is 6.39. The first-order chi connectivity index (χ1) is 15.0. The van der Waals surface area contributed by atoms with Crippen molar-refractivity contribution in [3.05, 3.63) is 54.1 Å². The van der Waals surface area contributed by atoms with E-state index in [4.69, 9.17) is 9.47 Å². The average Bonchev–Trinajstić information content (AvgIpc) is 2.76. The zero-order valence-electron chi connectivity index (χ0n) is 19.7. The Bertz CT molecular complexity index is 972. The highest BCUT2D eigenvalue weighted by molar-refractivity contribution is 7.92. The third-order valence-electron chi connectivity index (χ3n) is 5.18. The molecule has 2 aromatic carbocycles. The van der Waals surface area contributed by atoms with Gasteiger partial charge in [0.1, 0.15) is 11.5 Å². The zero-order chi connectivity index (χ0) is 23.9. The molecule has 0 bridgehead atoms. The van der Waals surface area contributed by atoms with Crippen molar-refractivity contribution >= 4 is 21.6 Å². The maximum atomic E-state index is 13.0. The number of nitrogens with zero attached hydrogens (tertiary/aromatic N) is 1. The van der Waals surface area contributed by atoms with Crippen molar-refractivity contribution in [3.63, 3.8) is 0 Å². The molecule has 0 saturated heterocycles. The number of hydrogen-bond acceptors (Lipinski definition) is 5. The normalized spacial score (nSPS) is 13.3. The Balaban J connectivity index is 2.12. The first-order valence-corrected chi connectivity index (χ1v) is 12.5. The molecule has 0 aliphatic heterocycles. The van der Waals surface area contributed by atoms with Gasteiger partial charge in [0.15, 0.2) is 6.10 Å². The highest BCUT2D eigenvalue weighted by atomic mass is 32.2. The smallest absolute Gasteiger partial charge is 0.261 e. The molecular weight excluding hydrogens is 428 g/mol. The van der Waals surface area contributed by atoms with Crippen LogP contribution < -0.4 is 19.1 Å². The lowest BCUT2D eigenvalue weighted by Gasteiger charge is -2.25. The fourth-order valence-corrected chi connectivity index (χ4v) is 3.77. The summed E-state index contributed by atoms with van der Waals surface area (Å²) in [7, 11) is -0.234. The van der Waals surface area contributed by atoms with Gasteiger partial charge in [0, 0.05) is 7.05 Å². The molecule has 0 aromatic heterocycles. The number of methoxy groups -OCH3 is 1. The van der Waals surface area contributed by atoms with Crippen LogP contribution >= 0.6 is 0 Å². The largest absolute Gasteiger partial charge is 0.497 e. The van der Waals surface area contributed by atoms with Crippen molar-refractivity contribution in [1.82, 2.24) is 5.32 Å². The van der Waals surface area contributed by atoms with Crippen LogP contribution in [-0.4, -0.2) is 40.8 Å². The molecule has 0 spiro atoms. The zero-order valence-corrected chi connectivity index (χ0v) is 20.5. The van der Waals surface area contributed by atoms with Crippen LogP contribution in [0.15, 0.2) is 48.5 Å². The Kier molecular flexibility index (Phi) is 8.95. The first-order valence-electron chi connectivity index (χ1n) is 10.7. The third kappa shape index (κ3) is 7.15. The van der Waals surface area contributed by atoms with E-state index in [9.17, 15) is 13.2 Å². The fourth-order valence-electron chi connectivity index (χ4n) is 3.26. The summed E-state index contributed by atoms with van der Waals surface area (Å²) in [5, 5.41) is 3.13. The van der Waals surface area contributed by atoms with Crippen LogP contribution in [0.1, 0.15) is 45.2 Å². The second-order valence-electron chi connectivity index (χ2n) is 8.20. The van der Waals surface area contributed by atoms with Gasteiger partial charge in [0.2, 0.25) is 10.0 Å². The van der Waals surface area contributed by atoms with E-state index < -0.39 is 16.1 Å². The Morgan fingerprint density at radius 2 is 1.59 bits per heavy atom. The molecule has 0 fully saturated rings. The van der Waals surface area contributed by atoms with Gasteiger partial charge in [-0.15, -0.1) is 0 Å². The van der Waals surface area contributed by atoms with Gasteiger partial charge in [-0.3, -0.25) is 9.10 Å². The molecule has 0 aliphatic carbocycles. The maximum absolute atomic E-state index is 13.0. The molecule has 0 saturated carbocycles. The van der Waals surface area contributed by atoms with E-state index >= 15 is 0 Å². The number of carbonyl (C=O) groups excluding carboxylic acids is 1. The van der Waals surface area contributed by atoms with Crippen LogP contribution in [-0.2, 0) is 14.8 Å². The minimum atomic E-state index is -3.34. The van der Waals surface area contributed by atoms with Crippen LogP contribution in [0.25, 0.3) is 0 Å². The predicted molar refractivity (Wildman–Crippen MR) is 128 cm³/mol. The van der Waals surface area contributed by atoms with Crippen molar-refractivity contribution in [2.24, 2.45) is 5.92 Å². The van der Waals surface area contributed by atoms with Gasteiger partial charge in [-0.2, -0.15) is 0 Å². The van der Waals surface area contributed by atoms with Crippen molar-refractivity contribution in [1.29, 1.82) is 0 Å². The van der Waals surface area contributed by atoms with Crippen LogP contribution in [0.5, 0.6) is 11.5 Å². The highest BCUT2D eigenvalue weighted by Gasteiger charge is 2.23. The lowest BCUT2D eigenvalue weighted by molar-refractivity contribution is -0.129. The molecule has 2 unspecified atom stereocenters. The van der Waals surface area contributed by atoms with Gasteiger partial charge in [-0.1, -0.05) is 32.9 Å². The minimum Gasteiger partial charge on any atom is -0.497 e. The molecule has 2 atom stereocenters. The summed E-state index contributed by atoms with van der Waals surface area (Å²) in [5.74, 6) is 1.47. The summed E-state index contributed by atoms with van der Waals surface area (Å²) in [4.78, 5) is 13.0. The summed E-state index contributed by atoms with van der Waals surface area (Å²) in [6.07, 6.45) is 1.77. The molecule has 7 nitrogen and oxygen atoms in total. The molecule has 0 radical (unpaired) electrons. The number of benzene rings is 2. The van der Waals surface area contributed by atoms with E-state index in [1.807, 2.05) is 31.2 Å². The molecule has 176 valence electrons. The second-order valence-corrected chi connectivity index (χ2v) is 10.2. The number of rotatable bonds is 11. The van der Waals surface area contributed by atoms with E-state index in [-0.39, 0.29) is 11.9 Å². The fraction of sp³-hybridized carbons (Fsp3) is 0.458. The van der Waals surface area contributed by atoms with E-state index in [2.05, 4.69) is 19.2 Å². The van der Waals surface area contributed by atoms with Gasteiger partial charge in [-0.05, 0) is 60.7 Å². The van der Waals surface area contributed by atoms with E-state index in [1.54, 1.807) is 31.4 Å². The molecule has 1 N–H and O–H groups in total. The minimum absolute atomic E-state index is 0.142. The van der Waals surface area contributed by atoms with Crippen LogP contribution in [0, 0.1) is 5.92 Å². The Hall–Kier alpha value is -2.74. The van der Waals surface area contributed by atoms with Gasteiger partial charge in [0.25, 0.3) is 5.91 Å². The Morgan fingerprint density at radius 1 is 1.03 bits per heavy atom. The van der Waals surface area contributed by atoms with E-state index in [1.165, 1.54) is 11.4 Å². The molecule has 1 amide bonds. The molecule has 8 heteroatoms. The standard InChI is InChI=1S/C24H34N2O5S/c1-7-23(31-21-14-10-19(11-15-21)26(4)32(6,28)29)24(27)25-22(16-17(2)3)18-8-12-20(30-5)13-9-18/h8-15,17,22-23H,7,16H2,1-6H3,(H,25,27). The summed E-state index contributed by atoms with van der Waals surface area (Å²) >= 11 is 0. The number of sulfonamides is 1. The number of ether oxygens (including phenoxy) is 2. The van der Waals surface area contributed by atoms with Crippen LogP contribution in [0.4, 0.5) is 5.69 Å². The first kappa shape index (κ1) is 25.5. The van der Waals surface area contributed by atoms with Crippen molar-refractivity contribution in [3.8, 4) is 11.5 Å². The lowest BCUT2D eigenvalue weighted by Crippen LogP contribution is -2.40. The molecular formula is C24H34N2O5S. The Morgan fingerprint density at radius 3 is 2.06 bits per heavy atom. The lowest BCUT2D eigenvalue weighted by atomic mass is 9.96. The van der Waals surface area contributed by atoms with Crippen LogP contribution in [0.3, 0.4) is 0 Å². The molecule has 2 rings (SSSR count). The number of carbonyl (C=O) groups is 1. The monoisotopic (exact) mass is 462 g/mol. The van der Waals surface area contributed by atoms with Crippen LogP contribution in [0.2, 0.25) is 0 Å². The predicted octanol–water partition coefficient (Wildman–Crippen LogP) is 4.15. The average molecular weight is 463 g/mol. The number of nitrogens with one attached hydrogen (secondary N) is 1. The number of hydrogen-bond donors (Lipinski definition) is 1. The molecule has 32 heavy (non-hydrogen) atoms. The molecule has 0 aliphatic rings. The SMILES string of the molecule is CCC(Oc1ccc(N(C)S(C)(=O)=O)cc1)C(=O)NC(CC(C)C)c1ccc(OC)cc1. The van der Waals surface area contributed by atoms with Crippen molar-refractivity contribution in [2.45, 2.75) is 45.8 Å². The maximum Gasteiger partial charge on any atom is 0.261 e. The van der Waals surface area contributed by atoms with E-state index in [0.29, 0.717) is 23.8 Å². The van der Waals surface area contributed by atoms with E-state index in [0.717, 1.165) is 24.0 Å². The van der Waals surface area contributed by atoms with Gasteiger partial charge >= 0.3 is 0 Å². The second kappa shape index (κ2) is 11.2. The van der Waals surface area contributed by atoms with Gasteiger partial charge in [0.05, 0.1) is 25.1 Å². The summed E-state index contributed by atoms with van der Waals surface area (Å²) in [6, 6.07) is 14.2. The molecule has 0 heterocycles. The van der Waals surface area contributed by atoms with Crippen molar-refractivity contribution in [2.75, 3.05) is 24.7 Å². The summed E-state index contributed by atoms with van der Waals surface area (Å²) < 4.78 is 35.7.